The molecule has 128 valence electrons. The van der Waals surface area contributed by atoms with E-state index in [9.17, 15) is 4.79 Å². The average molecular weight is 340 g/mol. The third kappa shape index (κ3) is 3.82. The number of nitrogens with one attached hydrogen (secondary N) is 1. The molecule has 0 aliphatic carbocycles. The van der Waals surface area contributed by atoms with E-state index >= 15 is 0 Å². The van der Waals surface area contributed by atoms with Crippen LogP contribution in [-0.2, 0) is 0 Å². The minimum absolute atomic E-state index is 0. The number of hydrogen-bond donors (Lipinski definition) is 2. The van der Waals surface area contributed by atoms with Gasteiger partial charge in [-0.25, -0.2) is 9.50 Å². The number of rotatable bonds is 5. The lowest BCUT2D eigenvalue weighted by molar-refractivity contribution is 0.0943. The van der Waals surface area contributed by atoms with Gasteiger partial charge in [-0.2, -0.15) is 5.10 Å². The summed E-state index contributed by atoms with van der Waals surface area (Å²) in [5.41, 5.74) is 9.51. The second-order valence-electron chi connectivity index (χ2n) is 5.99. The Morgan fingerprint density at radius 2 is 1.91 bits per heavy atom. The number of aryl methyl sites for hydroxylation is 3. The zero-order valence-electron chi connectivity index (χ0n) is 14.4. The number of nitrogens with zero attached hydrogens (tertiary/aromatic N) is 3. The van der Waals surface area contributed by atoms with Crippen LogP contribution >= 0.6 is 12.4 Å². The number of nitrogens with two attached hydrogens (primary N) is 1. The molecule has 23 heavy (non-hydrogen) atoms. The fourth-order valence-electron chi connectivity index (χ4n) is 2.54. The molecule has 0 aromatic carbocycles. The molecular weight excluding hydrogens is 314 g/mol. The van der Waals surface area contributed by atoms with Crippen molar-refractivity contribution in [3.8, 4) is 0 Å². The highest BCUT2D eigenvalue weighted by atomic mass is 35.5. The molecule has 3 N–H and O–H groups in total. The lowest BCUT2D eigenvalue weighted by atomic mass is 9.94. The van der Waals surface area contributed by atoms with Crippen molar-refractivity contribution in [2.75, 3.05) is 6.54 Å². The first-order valence-electron chi connectivity index (χ1n) is 7.72. The second kappa shape index (κ2) is 7.27. The molecule has 6 nitrogen and oxygen atoms in total. The van der Waals surface area contributed by atoms with Crippen molar-refractivity contribution in [1.82, 2.24) is 19.9 Å². The SMILES string of the molecule is CCC(N)(CC)CNC(=O)c1c(C)nn2c(C)cc(C)nc12.Cl. The molecule has 0 aliphatic rings. The molecule has 2 aromatic rings. The number of carbonyl (C=O) groups is 1. The van der Waals surface area contributed by atoms with E-state index in [1.165, 1.54) is 0 Å². The average Bonchev–Trinajstić information content (AvgIpc) is 2.81. The summed E-state index contributed by atoms with van der Waals surface area (Å²) in [5, 5.41) is 7.36. The molecule has 2 rings (SSSR count). The second-order valence-corrected chi connectivity index (χ2v) is 5.99. The predicted molar refractivity (Wildman–Crippen MR) is 94.3 cm³/mol. The summed E-state index contributed by atoms with van der Waals surface area (Å²) in [6.07, 6.45) is 1.63. The van der Waals surface area contributed by atoms with Gasteiger partial charge in [0.25, 0.3) is 5.91 Å². The maximum atomic E-state index is 12.6. The normalized spacial score (nSPS) is 11.4. The van der Waals surface area contributed by atoms with Gasteiger partial charge in [0.15, 0.2) is 5.65 Å². The number of hydrogen-bond acceptors (Lipinski definition) is 4. The number of aromatic nitrogens is 3. The standard InChI is InChI=1S/C16H25N5O.ClH/c1-6-16(17,7-2)9-18-15(22)13-12(5)20-21-11(4)8-10(3)19-14(13)21;/h8H,6-7,9,17H2,1-5H3,(H,18,22);1H. The summed E-state index contributed by atoms with van der Waals surface area (Å²) in [6, 6.07) is 1.94. The third-order valence-corrected chi connectivity index (χ3v) is 4.31. The van der Waals surface area contributed by atoms with Gasteiger partial charge in [0.1, 0.15) is 5.56 Å². The van der Waals surface area contributed by atoms with Crippen LogP contribution in [0.15, 0.2) is 6.07 Å². The summed E-state index contributed by atoms with van der Waals surface area (Å²) in [7, 11) is 0. The molecule has 0 atom stereocenters. The van der Waals surface area contributed by atoms with Crippen molar-refractivity contribution in [1.29, 1.82) is 0 Å². The molecule has 2 aromatic heterocycles. The van der Waals surface area contributed by atoms with Crippen molar-refractivity contribution in [2.24, 2.45) is 5.73 Å². The summed E-state index contributed by atoms with van der Waals surface area (Å²) in [5.74, 6) is -0.165. The molecule has 7 heteroatoms. The molecule has 2 heterocycles. The Kier molecular flexibility index (Phi) is 6.13. The van der Waals surface area contributed by atoms with Crippen LogP contribution in [0.2, 0.25) is 0 Å². The van der Waals surface area contributed by atoms with E-state index in [2.05, 4.69) is 15.4 Å². The molecule has 0 saturated carbocycles. The Hall–Kier alpha value is -1.66. The molecular formula is C16H26ClN5O. The van der Waals surface area contributed by atoms with Crippen LogP contribution in [0, 0.1) is 20.8 Å². The van der Waals surface area contributed by atoms with Gasteiger partial charge >= 0.3 is 0 Å². The molecule has 0 spiro atoms. The first-order chi connectivity index (χ1) is 10.3. The van der Waals surface area contributed by atoms with Crippen molar-refractivity contribution in [3.05, 3.63) is 28.7 Å². The van der Waals surface area contributed by atoms with E-state index in [1.807, 2.05) is 40.7 Å². The van der Waals surface area contributed by atoms with Crippen molar-refractivity contribution in [2.45, 2.75) is 53.0 Å². The first-order valence-corrected chi connectivity index (χ1v) is 7.72. The van der Waals surface area contributed by atoms with Gasteiger partial charge in [0.05, 0.1) is 5.69 Å². The van der Waals surface area contributed by atoms with Crippen LogP contribution in [0.25, 0.3) is 5.65 Å². The van der Waals surface area contributed by atoms with Gasteiger partial charge in [0.2, 0.25) is 0 Å². The number of halogens is 1. The summed E-state index contributed by atoms with van der Waals surface area (Å²) >= 11 is 0. The Morgan fingerprint density at radius 3 is 2.48 bits per heavy atom. The van der Waals surface area contributed by atoms with Gasteiger partial charge in [-0.1, -0.05) is 13.8 Å². The largest absolute Gasteiger partial charge is 0.350 e. The zero-order chi connectivity index (χ0) is 16.5. The van der Waals surface area contributed by atoms with Crippen LogP contribution in [0.5, 0.6) is 0 Å². The van der Waals surface area contributed by atoms with Crippen LogP contribution in [0.4, 0.5) is 0 Å². The minimum atomic E-state index is -0.369. The van der Waals surface area contributed by atoms with E-state index in [-0.39, 0.29) is 23.9 Å². The number of fused-ring (bicyclic) bond motifs is 1. The molecule has 1 amide bonds. The minimum Gasteiger partial charge on any atom is -0.350 e. The van der Waals surface area contributed by atoms with E-state index in [4.69, 9.17) is 5.73 Å². The Labute approximate surface area is 143 Å². The van der Waals surface area contributed by atoms with Crippen LogP contribution in [-0.4, -0.2) is 32.6 Å². The van der Waals surface area contributed by atoms with Crippen molar-refractivity contribution < 1.29 is 4.79 Å². The smallest absolute Gasteiger partial charge is 0.257 e. The molecule has 0 fully saturated rings. The van der Waals surface area contributed by atoms with Crippen molar-refractivity contribution in [3.63, 3.8) is 0 Å². The quantitative estimate of drug-likeness (QED) is 0.875. The highest BCUT2D eigenvalue weighted by Gasteiger charge is 2.24. The third-order valence-electron chi connectivity index (χ3n) is 4.31. The molecule has 0 saturated heterocycles. The lowest BCUT2D eigenvalue weighted by Crippen LogP contribution is -2.49. The summed E-state index contributed by atoms with van der Waals surface area (Å²) in [6.45, 7) is 10.2. The highest BCUT2D eigenvalue weighted by molar-refractivity contribution is 6.01. The number of carbonyl (C=O) groups excluding carboxylic acids is 1. The predicted octanol–water partition coefficient (Wildman–Crippen LogP) is 2.32. The number of amides is 1. The lowest BCUT2D eigenvalue weighted by Gasteiger charge is -2.26. The van der Waals surface area contributed by atoms with Gasteiger partial charge in [-0.3, -0.25) is 4.79 Å². The van der Waals surface area contributed by atoms with Crippen LogP contribution in [0.3, 0.4) is 0 Å². The monoisotopic (exact) mass is 339 g/mol. The van der Waals surface area contributed by atoms with Gasteiger partial charge < -0.3 is 11.1 Å². The topological polar surface area (TPSA) is 85.3 Å². The van der Waals surface area contributed by atoms with Crippen LogP contribution in [0.1, 0.15) is 54.1 Å². The fraction of sp³-hybridized carbons (Fsp3) is 0.562. The Bertz CT molecular complexity index is 706. The Balaban J connectivity index is 0.00000264. The zero-order valence-corrected chi connectivity index (χ0v) is 15.3. The fourth-order valence-corrected chi connectivity index (χ4v) is 2.54. The van der Waals surface area contributed by atoms with Gasteiger partial charge in [-0.15, -0.1) is 12.4 Å². The summed E-state index contributed by atoms with van der Waals surface area (Å²) in [4.78, 5) is 17.1. The molecule has 0 radical (unpaired) electrons. The van der Waals surface area contributed by atoms with Crippen LogP contribution < -0.4 is 11.1 Å². The van der Waals surface area contributed by atoms with Crippen molar-refractivity contribution >= 4 is 24.0 Å². The van der Waals surface area contributed by atoms with Gasteiger partial charge in [-0.05, 0) is 39.7 Å². The highest BCUT2D eigenvalue weighted by Crippen LogP contribution is 2.17. The Morgan fingerprint density at radius 1 is 1.30 bits per heavy atom. The molecule has 0 unspecified atom stereocenters. The van der Waals surface area contributed by atoms with E-state index in [0.29, 0.717) is 23.4 Å². The molecule has 0 bridgehead atoms. The first kappa shape index (κ1) is 19.4. The molecule has 0 aliphatic heterocycles. The van der Waals surface area contributed by atoms with E-state index in [0.717, 1.165) is 24.2 Å². The maximum Gasteiger partial charge on any atom is 0.257 e. The van der Waals surface area contributed by atoms with Gasteiger partial charge in [0, 0.05) is 23.5 Å². The van der Waals surface area contributed by atoms with E-state index < -0.39 is 0 Å². The van der Waals surface area contributed by atoms with E-state index in [1.54, 1.807) is 4.52 Å². The summed E-state index contributed by atoms with van der Waals surface area (Å²) < 4.78 is 1.71. The maximum absolute atomic E-state index is 12.6.